The number of likely N-dealkylation sites (tertiary alicyclic amines) is 1. The molecule has 0 spiro atoms. The van der Waals surface area contributed by atoms with Crippen LogP contribution in [0.1, 0.15) is 22.3 Å². The zero-order chi connectivity index (χ0) is 20.1. The number of ether oxygens (including phenoxy) is 1. The highest BCUT2D eigenvalue weighted by Crippen LogP contribution is 2.22. The van der Waals surface area contributed by atoms with Crippen LogP contribution in [0.3, 0.4) is 0 Å². The van der Waals surface area contributed by atoms with E-state index in [0.29, 0.717) is 13.0 Å². The van der Waals surface area contributed by atoms with E-state index in [1.54, 1.807) is 4.90 Å². The van der Waals surface area contributed by atoms with Crippen LogP contribution < -0.4 is 5.32 Å². The lowest BCUT2D eigenvalue weighted by Gasteiger charge is -2.17. The lowest BCUT2D eigenvalue weighted by Crippen LogP contribution is -2.30. The highest BCUT2D eigenvalue weighted by Gasteiger charge is 2.34. The smallest absolute Gasteiger partial charge is 0.337 e. The number of esters is 1. The maximum Gasteiger partial charge on any atom is 0.337 e. The van der Waals surface area contributed by atoms with Gasteiger partial charge in [0.05, 0.1) is 24.3 Å². The Hall–Kier alpha value is -3.22. The molecule has 1 N–H and O–H groups in total. The van der Waals surface area contributed by atoms with Gasteiger partial charge in [0.1, 0.15) is 5.82 Å². The van der Waals surface area contributed by atoms with Crippen molar-refractivity contribution in [2.24, 2.45) is 5.92 Å². The molecule has 0 saturated carbocycles. The zero-order valence-electron chi connectivity index (χ0n) is 15.5. The summed E-state index contributed by atoms with van der Waals surface area (Å²) in [7, 11) is 1.22. The molecule has 2 amide bonds. The number of carbonyl (C=O) groups is 3. The second-order valence-corrected chi connectivity index (χ2v) is 6.65. The Kier molecular flexibility index (Phi) is 6.03. The molecule has 0 aliphatic carbocycles. The minimum absolute atomic E-state index is 0.0823. The fraction of sp³-hybridized carbons (Fsp3) is 0.286. The predicted octanol–water partition coefficient (Wildman–Crippen LogP) is 2.64. The summed E-state index contributed by atoms with van der Waals surface area (Å²) < 4.78 is 18.6. The second kappa shape index (κ2) is 8.65. The number of amides is 2. The monoisotopic (exact) mass is 384 g/mol. The van der Waals surface area contributed by atoms with Crippen LogP contribution in [0.5, 0.6) is 0 Å². The van der Waals surface area contributed by atoms with Crippen LogP contribution in [-0.4, -0.2) is 42.9 Å². The Bertz CT molecular complexity index is 885. The van der Waals surface area contributed by atoms with E-state index < -0.39 is 23.6 Å². The van der Waals surface area contributed by atoms with Crippen LogP contribution in [0.15, 0.2) is 48.5 Å². The Labute approximate surface area is 162 Å². The molecule has 0 radical (unpaired) electrons. The molecule has 2 aromatic carbocycles. The van der Waals surface area contributed by atoms with E-state index in [-0.39, 0.29) is 30.1 Å². The van der Waals surface area contributed by atoms with E-state index >= 15 is 0 Å². The van der Waals surface area contributed by atoms with Gasteiger partial charge in [0.15, 0.2) is 0 Å². The van der Waals surface area contributed by atoms with Crippen LogP contribution in [0, 0.1) is 11.7 Å². The van der Waals surface area contributed by atoms with Crippen LogP contribution in [0.4, 0.5) is 10.1 Å². The summed E-state index contributed by atoms with van der Waals surface area (Å²) in [6, 6.07) is 13.4. The van der Waals surface area contributed by atoms with Gasteiger partial charge in [-0.25, -0.2) is 9.18 Å². The summed E-state index contributed by atoms with van der Waals surface area (Å²) >= 11 is 0. The predicted molar refractivity (Wildman–Crippen MR) is 101 cm³/mol. The molecule has 6 nitrogen and oxygen atoms in total. The van der Waals surface area contributed by atoms with E-state index in [4.69, 9.17) is 0 Å². The summed E-state index contributed by atoms with van der Waals surface area (Å²) in [6.45, 7) is 0.814. The third-order valence-corrected chi connectivity index (χ3v) is 4.74. The van der Waals surface area contributed by atoms with Crippen molar-refractivity contribution in [3.8, 4) is 0 Å². The van der Waals surface area contributed by atoms with Crippen LogP contribution in [0.2, 0.25) is 0 Å². The molecule has 1 fully saturated rings. The zero-order valence-corrected chi connectivity index (χ0v) is 15.5. The number of carbonyl (C=O) groups excluding carboxylic acids is 3. The van der Waals surface area contributed by atoms with Gasteiger partial charge in [0.2, 0.25) is 11.8 Å². The van der Waals surface area contributed by atoms with Gasteiger partial charge < -0.3 is 15.0 Å². The fourth-order valence-corrected chi connectivity index (χ4v) is 3.17. The largest absolute Gasteiger partial charge is 0.465 e. The number of halogens is 1. The molecule has 7 heteroatoms. The molecule has 1 aliphatic rings. The Balaban J connectivity index is 1.61. The number of rotatable bonds is 6. The average Bonchev–Trinajstić information content (AvgIpc) is 3.09. The SMILES string of the molecule is COC(=O)c1ccc(F)c(NC(=O)C2CC(=O)N(CCc3ccccc3)C2)c1. The van der Waals surface area contributed by atoms with Gasteiger partial charge in [0, 0.05) is 19.5 Å². The molecule has 1 heterocycles. The van der Waals surface area contributed by atoms with E-state index in [9.17, 15) is 18.8 Å². The molecule has 0 bridgehead atoms. The number of anilines is 1. The minimum atomic E-state index is -0.661. The second-order valence-electron chi connectivity index (χ2n) is 6.65. The summed E-state index contributed by atoms with van der Waals surface area (Å²) in [4.78, 5) is 38.0. The highest BCUT2D eigenvalue weighted by molar-refractivity contribution is 5.98. The summed E-state index contributed by atoms with van der Waals surface area (Å²) in [6.07, 6.45) is 0.787. The molecule has 1 atom stereocenters. The number of benzene rings is 2. The molecule has 1 unspecified atom stereocenters. The molecule has 0 aromatic heterocycles. The summed E-state index contributed by atoms with van der Waals surface area (Å²) in [5, 5.41) is 2.49. The first-order valence-electron chi connectivity index (χ1n) is 8.98. The Morgan fingerprint density at radius 2 is 1.96 bits per heavy atom. The molecule has 28 heavy (non-hydrogen) atoms. The summed E-state index contributed by atoms with van der Waals surface area (Å²) in [5.41, 5.74) is 1.14. The first-order valence-corrected chi connectivity index (χ1v) is 8.98. The molecule has 1 saturated heterocycles. The topological polar surface area (TPSA) is 75.7 Å². The fourth-order valence-electron chi connectivity index (χ4n) is 3.17. The van der Waals surface area contributed by atoms with E-state index in [1.807, 2.05) is 30.3 Å². The van der Waals surface area contributed by atoms with Crippen molar-refractivity contribution in [1.29, 1.82) is 0 Å². The van der Waals surface area contributed by atoms with Gasteiger partial charge in [0.25, 0.3) is 0 Å². The maximum atomic E-state index is 14.0. The number of hydrogen-bond acceptors (Lipinski definition) is 4. The van der Waals surface area contributed by atoms with Crippen LogP contribution in [0.25, 0.3) is 0 Å². The van der Waals surface area contributed by atoms with Gasteiger partial charge in [-0.15, -0.1) is 0 Å². The molecule has 2 aromatic rings. The quantitative estimate of drug-likeness (QED) is 0.777. The van der Waals surface area contributed by atoms with Crippen molar-refractivity contribution in [3.05, 3.63) is 65.5 Å². The first-order chi connectivity index (χ1) is 13.5. The molecule has 1 aliphatic heterocycles. The molecular formula is C21H21FN2O4. The first kappa shape index (κ1) is 19.5. The van der Waals surface area contributed by atoms with Gasteiger partial charge in [-0.3, -0.25) is 9.59 Å². The van der Waals surface area contributed by atoms with E-state index in [2.05, 4.69) is 10.1 Å². The van der Waals surface area contributed by atoms with Crippen molar-refractivity contribution >= 4 is 23.5 Å². The molecular weight excluding hydrogens is 363 g/mol. The van der Waals surface area contributed by atoms with Crippen molar-refractivity contribution in [2.75, 3.05) is 25.5 Å². The Morgan fingerprint density at radius 1 is 1.21 bits per heavy atom. The van der Waals surface area contributed by atoms with E-state index in [0.717, 1.165) is 11.6 Å². The van der Waals surface area contributed by atoms with Gasteiger partial charge >= 0.3 is 5.97 Å². The molecule has 3 rings (SSSR count). The van der Waals surface area contributed by atoms with Crippen molar-refractivity contribution in [1.82, 2.24) is 4.90 Å². The van der Waals surface area contributed by atoms with Crippen molar-refractivity contribution < 1.29 is 23.5 Å². The Morgan fingerprint density at radius 3 is 2.68 bits per heavy atom. The van der Waals surface area contributed by atoms with Gasteiger partial charge in [-0.1, -0.05) is 30.3 Å². The maximum absolute atomic E-state index is 14.0. The number of methoxy groups -OCH3 is 1. The normalized spacial score (nSPS) is 16.1. The van der Waals surface area contributed by atoms with Crippen molar-refractivity contribution in [2.45, 2.75) is 12.8 Å². The number of nitrogens with zero attached hydrogens (tertiary/aromatic N) is 1. The summed E-state index contributed by atoms with van der Waals surface area (Å²) in [5.74, 6) is -2.40. The van der Waals surface area contributed by atoms with Crippen LogP contribution >= 0.6 is 0 Å². The highest BCUT2D eigenvalue weighted by atomic mass is 19.1. The van der Waals surface area contributed by atoms with Gasteiger partial charge in [-0.2, -0.15) is 0 Å². The van der Waals surface area contributed by atoms with Crippen LogP contribution in [-0.2, 0) is 20.7 Å². The average molecular weight is 384 g/mol. The number of hydrogen-bond donors (Lipinski definition) is 1. The lowest BCUT2D eigenvalue weighted by atomic mass is 10.1. The lowest BCUT2D eigenvalue weighted by molar-refractivity contribution is -0.128. The third kappa shape index (κ3) is 4.54. The van der Waals surface area contributed by atoms with Crippen molar-refractivity contribution in [3.63, 3.8) is 0 Å². The standard InChI is InChI=1S/C21H21FN2O4/c1-28-21(27)15-7-8-17(22)18(11-15)23-20(26)16-12-19(25)24(13-16)10-9-14-5-3-2-4-6-14/h2-8,11,16H,9-10,12-13H2,1H3,(H,23,26). The minimum Gasteiger partial charge on any atom is -0.465 e. The number of nitrogens with one attached hydrogen (secondary N) is 1. The third-order valence-electron chi connectivity index (χ3n) is 4.74. The molecule has 146 valence electrons. The van der Waals surface area contributed by atoms with Gasteiger partial charge in [-0.05, 0) is 30.2 Å². The van der Waals surface area contributed by atoms with E-state index in [1.165, 1.54) is 19.2 Å².